The zero-order valence-electron chi connectivity index (χ0n) is 12.9. The predicted octanol–water partition coefficient (Wildman–Crippen LogP) is 3.29. The Morgan fingerprint density at radius 1 is 1.38 bits per heavy atom. The van der Waals surface area contributed by atoms with Gasteiger partial charge in [-0.3, -0.25) is 4.79 Å². The van der Waals surface area contributed by atoms with Crippen LogP contribution in [0.3, 0.4) is 0 Å². The lowest BCUT2D eigenvalue weighted by Crippen LogP contribution is -2.39. The number of H-pyrrole nitrogens is 1. The highest BCUT2D eigenvalue weighted by Gasteiger charge is 2.25. The topological polar surface area (TPSA) is 54.1 Å². The number of carbonyl (C=O) groups excluding carboxylic acids is 1. The maximum Gasteiger partial charge on any atom is 0.324 e. The fourth-order valence-corrected chi connectivity index (χ4v) is 2.67. The summed E-state index contributed by atoms with van der Waals surface area (Å²) in [6.45, 7) is 5.65. The number of hydrogen-bond donors (Lipinski definition) is 2. The lowest BCUT2D eigenvalue weighted by molar-refractivity contribution is -0.156. The van der Waals surface area contributed by atoms with E-state index in [1.807, 2.05) is 51.4 Å². The molecule has 0 radical (unpaired) electrons. The van der Waals surface area contributed by atoms with Gasteiger partial charge in [0.2, 0.25) is 0 Å². The molecule has 1 aromatic carbocycles. The molecule has 0 bridgehead atoms. The van der Waals surface area contributed by atoms with Gasteiger partial charge >= 0.3 is 5.97 Å². The van der Waals surface area contributed by atoms with Crippen LogP contribution in [-0.2, 0) is 16.0 Å². The second-order valence-corrected chi connectivity index (χ2v) is 6.62. The van der Waals surface area contributed by atoms with Crippen LogP contribution in [0.5, 0.6) is 0 Å². The summed E-state index contributed by atoms with van der Waals surface area (Å²) in [5.74, 6) is -0.220. The maximum absolute atomic E-state index is 12.3. The smallest absolute Gasteiger partial charge is 0.324 e. The van der Waals surface area contributed by atoms with Crippen LogP contribution in [0.4, 0.5) is 0 Å². The van der Waals surface area contributed by atoms with E-state index in [1.54, 1.807) is 0 Å². The highest BCUT2D eigenvalue weighted by Crippen LogP contribution is 2.20. The molecule has 0 fully saturated rings. The number of carbonyl (C=O) groups is 1. The monoisotopic (exact) mass is 306 g/mol. The summed E-state index contributed by atoms with van der Waals surface area (Å²) in [5, 5.41) is 1.15. The number of aromatic nitrogens is 1. The molecule has 2 aromatic rings. The molecule has 1 unspecified atom stereocenters. The van der Waals surface area contributed by atoms with Gasteiger partial charge < -0.3 is 9.72 Å². The van der Waals surface area contributed by atoms with Crippen molar-refractivity contribution in [2.75, 3.05) is 6.26 Å². The van der Waals surface area contributed by atoms with Crippen molar-refractivity contribution in [3.8, 4) is 0 Å². The molecular weight excluding hydrogens is 284 g/mol. The number of para-hydroxylation sites is 1. The molecule has 5 heteroatoms. The quantitative estimate of drug-likeness (QED) is 0.657. The Balaban J connectivity index is 2.18. The van der Waals surface area contributed by atoms with Gasteiger partial charge in [0.1, 0.15) is 11.6 Å². The van der Waals surface area contributed by atoms with E-state index in [2.05, 4.69) is 15.8 Å². The van der Waals surface area contributed by atoms with Crippen LogP contribution in [0, 0.1) is 0 Å². The Hall–Kier alpha value is -1.46. The Labute approximate surface area is 129 Å². The van der Waals surface area contributed by atoms with Gasteiger partial charge in [-0.2, -0.15) is 0 Å². The molecule has 0 spiro atoms. The van der Waals surface area contributed by atoms with Crippen molar-refractivity contribution in [1.29, 1.82) is 0 Å². The van der Waals surface area contributed by atoms with Gasteiger partial charge in [0.25, 0.3) is 0 Å². The summed E-state index contributed by atoms with van der Waals surface area (Å²) < 4.78 is 8.62. The summed E-state index contributed by atoms with van der Waals surface area (Å²) in [4.78, 5) is 15.5. The molecule has 1 heterocycles. The van der Waals surface area contributed by atoms with Gasteiger partial charge in [0, 0.05) is 23.5 Å². The Morgan fingerprint density at radius 2 is 2.10 bits per heavy atom. The fraction of sp³-hybridized carbons (Fsp3) is 0.438. The van der Waals surface area contributed by atoms with Crippen LogP contribution in [-0.4, -0.2) is 28.9 Å². The predicted molar refractivity (Wildman–Crippen MR) is 88.3 cm³/mol. The highest BCUT2D eigenvalue weighted by atomic mass is 32.2. The van der Waals surface area contributed by atoms with Crippen LogP contribution in [0.2, 0.25) is 0 Å². The summed E-state index contributed by atoms with van der Waals surface area (Å²) in [6, 6.07) is 7.73. The van der Waals surface area contributed by atoms with Crippen LogP contribution in [0.25, 0.3) is 10.9 Å². The number of fused-ring (bicyclic) bond motifs is 1. The van der Waals surface area contributed by atoms with Gasteiger partial charge in [-0.15, -0.1) is 0 Å². The maximum atomic E-state index is 12.3. The Kier molecular flexibility index (Phi) is 4.96. The third-order valence-electron chi connectivity index (χ3n) is 3.05. The third-order valence-corrected chi connectivity index (χ3v) is 3.57. The number of hydrogen-bond acceptors (Lipinski definition) is 4. The van der Waals surface area contributed by atoms with E-state index in [1.165, 1.54) is 11.9 Å². The molecule has 4 nitrogen and oxygen atoms in total. The highest BCUT2D eigenvalue weighted by molar-refractivity contribution is 7.96. The Bertz CT molecular complexity index is 616. The summed E-state index contributed by atoms with van der Waals surface area (Å²) in [7, 11) is 0. The first kappa shape index (κ1) is 15.9. The standard InChI is InChI=1S/C16H22N2O2S/c1-16(2,3)20-15(19)14(18-21-4)9-11-10-17-13-8-6-5-7-12(11)13/h5-8,10,14,17-18H,9H2,1-4H3. The number of aromatic amines is 1. The molecule has 0 aliphatic heterocycles. The number of esters is 1. The molecule has 0 saturated heterocycles. The lowest BCUT2D eigenvalue weighted by Gasteiger charge is -2.24. The van der Waals surface area contributed by atoms with E-state index in [4.69, 9.17) is 4.74 Å². The first-order chi connectivity index (χ1) is 9.90. The number of rotatable bonds is 5. The minimum Gasteiger partial charge on any atom is -0.459 e. The van der Waals surface area contributed by atoms with Crippen LogP contribution < -0.4 is 4.72 Å². The molecule has 2 rings (SSSR count). The second kappa shape index (κ2) is 6.54. The normalized spacial score (nSPS) is 13.3. The van der Waals surface area contributed by atoms with Crippen molar-refractivity contribution in [1.82, 2.24) is 9.71 Å². The van der Waals surface area contributed by atoms with Crippen molar-refractivity contribution in [2.24, 2.45) is 0 Å². The lowest BCUT2D eigenvalue weighted by atomic mass is 10.1. The zero-order valence-corrected chi connectivity index (χ0v) is 13.7. The van der Waals surface area contributed by atoms with Gasteiger partial charge in [-0.05, 0) is 38.7 Å². The van der Waals surface area contributed by atoms with Crippen molar-refractivity contribution in [3.05, 3.63) is 36.0 Å². The van der Waals surface area contributed by atoms with E-state index in [9.17, 15) is 4.79 Å². The second-order valence-electron chi connectivity index (χ2n) is 5.97. The number of nitrogens with one attached hydrogen (secondary N) is 2. The minimum atomic E-state index is -0.477. The number of benzene rings is 1. The fourth-order valence-electron chi connectivity index (χ4n) is 2.21. The van der Waals surface area contributed by atoms with Crippen LogP contribution in [0.15, 0.2) is 30.5 Å². The molecule has 2 N–H and O–H groups in total. The average Bonchev–Trinajstić information content (AvgIpc) is 2.80. The van der Waals surface area contributed by atoms with Crippen LogP contribution >= 0.6 is 11.9 Å². The molecule has 114 valence electrons. The van der Waals surface area contributed by atoms with Crippen molar-refractivity contribution < 1.29 is 9.53 Å². The van der Waals surface area contributed by atoms with E-state index in [0.717, 1.165) is 16.5 Å². The SMILES string of the molecule is CSNC(Cc1c[nH]c2ccccc12)C(=O)OC(C)(C)C. The van der Waals surface area contributed by atoms with Gasteiger partial charge in [0.15, 0.2) is 0 Å². The van der Waals surface area contributed by atoms with Gasteiger partial charge in [0.05, 0.1) is 0 Å². The van der Waals surface area contributed by atoms with Crippen molar-refractivity contribution in [3.63, 3.8) is 0 Å². The largest absolute Gasteiger partial charge is 0.459 e. The van der Waals surface area contributed by atoms with Crippen LogP contribution in [0.1, 0.15) is 26.3 Å². The number of ether oxygens (including phenoxy) is 1. The minimum absolute atomic E-state index is 0.220. The molecule has 1 atom stereocenters. The van der Waals surface area contributed by atoms with E-state index >= 15 is 0 Å². The average molecular weight is 306 g/mol. The van der Waals surface area contributed by atoms with E-state index in [-0.39, 0.29) is 12.0 Å². The van der Waals surface area contributed by atoms with Crippen molar-refractivity contribution >= 4 is 28.8 Å². The van der Waals surface area contributed by atoms with Gasteiger partial charge in [-0.25, -0.2) is 4.72 Å². The van der Waals surface area contributed by atoms with E-state index in [0.29, 0.717) is 6.42 Å². The molecule has 0 aliphatic rings. The molecule has 1 aromatic heterocycles. The molecule has 21 heavy (non-hydrogen) atoms. The molecular formula is C16H22N2O2S. The third kappa shape index (κ3) is 4.25. The summed E-state index contributed by atoms with van der Waals surface area (Å²) >= 11 is 1.43. The zero-order chi connectivity index (χ0) is 15.5. The molecule has 0 aliphatic carbocycles. The summed E-state index contributed by atoms with van der Waals surface area (Å²) in [5.41, 5.74) is 1.72. The Morgan fingerprint density at radius 3 is 2.76 bits per heavy atom. The first-order valence-electron chi connectivity index (χ1n) is 6.97. The molecule has 0 saturated carbocycles. The van der Waals surface area contributed by atoms with E-state index < -0.39 is 5.60 Å². The van der Waals surface area contributed by atoms with Crippen molar-refractivity contribution in [2.45, 2.75) is 38.8 Å². The summed E-state index contributed by atoms with van der Waals surface area (Å²) in [6.07, 6.45) is 4.47. The van der Waals surface area contributed by atoms with Gasteiger partial charge in [-0.1, -0.05) is 30.1 Å². The molecule has 0 amide bonds. The first-order valence-corrected chi connectivity index (χ1v) is 8.19.